The lowest BCUT2D eigenvalue weighted by Gasteiger charge is -2.25. The van der Waals surface area contributed by atoms with Crippen LogP contribution in [0.1, 0.15) is 24.8 Å². The van der Waals surface area contributed by atoms with E-state index in [2.05, 4.69) is 6.07 Å². The highest BCUT2D eigenvalue weighted by Crippen LogP contribution is 2.22. The van der Waals surface area contributed by atoms with Gasteiger partial charge >= 0.3 is 0 Å². The summed E-state index contributed by atoms with van der Waals surface area (Å²) in [5.41, 5.74) is 0.582. The summed E-state index contributed by atoms with van der Waals surface area (Å²) in [7, 11) is -3.42. The van der Waals surface area contributed by atoms with Gasteiger partial charge in [0.05, 0.1) is 16.5 Å². The summed E-state index contributed by atoms with van der Waals surface area (Å²) in [4.78, 5) is 0.297. The zero-order valence-electron chi connectivity index (χ0n) is 15.0. The van der Waals surface area contributed by atoms with Gasteiger partial charge in [-0.25, -0.2) is 8.42 Å². The number of rotatable bonds is 7. The molecule has 0 aromatic heterocycles. The van der Waals surface area contributed by atoms with Crippen molar-refractivity contribution in [2.45, 2.75) is 24.2 Å². The van der Waals surface area contributed by atoms with Crippen LogP contribution in [0.15, 0.2) is 53.4 Å². The number of hydrogen-bond acceptors (Lipinski definition) is 5. The molecule has 6 nitrogen and oxygen atoms in total. The molecular weight excluding hydrogens is 364 g/mol. The fourth-order valence-electron chi connectivity index (χ4n) is 2.91. The summed E-state index contributed by atoms with van der Waals surface area (Å²) in [6.07, 6.45) is 2.92. The predicted molar refractivity (Wildman–Crippen MR) is 101 cm³/mol. The zero-order valence-corrected chi connectivity index (χ0v) is 15.8. The first kappa shape index (κ1) is 19.2. The van der Waals surface area contributed by atoms with Crippen LogP contribution in [0.4, 0.5) is 0 Å². The van der Waals surface area contributed by atoms with Crippen LogP contribution >= 0.6 is 0 Å². The Morgan fingerprint density at radius 2 is 1.37 bits per heavy atom. The van der Waals surface area contributed by atoms with Gasteiger partial charge in [0, 0.05) is 13.1 Å². The topological polar surface area (TPSA) is 79.6 Å². The quantitative estimate of drug-likeness (QED) is 0.683. The van der Waals surface area contributed by atoms with Crippen LogP contribution in [0.5, 0.6) is 11.5 Å². The molecule has 0 unspecified atom stereocenters. The Morgan fingerprint density at radius 3 is 1.89 bits per heavy atom. The second kappa shape index (κ2) is 8.89. The van der Waals surface area contributed by atoms with E-state index in [4.69, 9.17) is 14.7 Å². The van der Waals surface area contributed by atoms with Crippen molar-refractivity contribution in [3.8, 4) is 17.6 Å². The molecule has 1 saturated heterocycles. The zero-order chi connectivity index (χ0) is 19.1. The van der Waals surface area contributed by atoms with Crippen LogP contribution in [0, 0.1) is 11.3 Å². The van der Waals surface area contributed by atoms with E-state index in [9.17, 15) is 8.42 Å². The first-order valence-corrected chi connectivity index (χ1v) is 10.4. The van der Waals surface area contributed by atoms with E-state index in [-0.39, 0.29) is 0 Å². The SMILES string of the molecule is N#Cc1ccc(OCCOc2ccc(S(=O)(=O)N3CCCCC3)cc2)cc1. The standard InChI is InChI=1S/C20H22N2O4S/c21-16-17-4-6-18(7-5-17)25-14-15-26-19-8-10-20(11-9-19)27(23,24)22-12-2-1-3-13-22/h4-11H,1-3,12-15H2. The lowest BCUT2D eigenvalue weighted by Crippen LogP contribution is -2.35. The van der Waals surface area contributed by atoms with Gasteiger partial charge in [-0.1, -0.05) is 6.42 Å². The molecule has 142 valence electrons. The molecule has 0 aliphatic carbocycles. The van der Waals surface area contributed by atoms with Gasteiger partial charge in [0.25, 0.3) is 0 Å². The van der Waals surface area contributed by atoms with Gasteiger partial charge in [0.2, 0.25) is 10.0 Å². The third-order valence-corrected chi connectivity index (χ3v) is 6.29. The van der Waals surface area contributed by atoms with E-state index in [1.54, 1.807) is 52.8 Å². The Balaban J connectivity index is 1.49. The maximum absolute atomic E-state index is 12.6. The molecule has 0 bridgehead atoms. The molecule has 1 aliphatic rings. The van der Waals surface area contributed by atoms with Crippen LogP contribution in [-0.2, 0) is 10.0 Å². The van der Waals surface area contributed by atoms with Crippen LogP contribution in [-0.4, -0.2) is 39.0 Å². The van der Waals surface area contributed by atoms with Gasteiger partial charge in [0.1, 0.15) is 24.7 Å². The molecule has 0 amide bonds. The van der Waals surface area contributed by atoms with Crippen molar-refractivity contribution in [3.63, 3.8) is 0 Å². The number of ether oxygens (including phenoxy) is 2. The molecule has 0 saturated carbocycles. The van der Waals surface area contributed by atoms with Gasteiger partial charge < -0.3 is 9.47 Å². The minimum absolute atomic E-state index is 0.297. The van der Waals surface area contributed by atoms with Crippen LogP contribution in [0.25, 0.3) is 0 Å². The lowest BCUT2D eigenvalue weighted by molar-refractivity contribution is 0.217. The van der Waals surface area contributed by atoms with Gasteiger partial charge in [0.15, 0.2) is 0 Å². The fraction of sp³-hybridized carbons (Fsp3) is 0.350. The summed E-state index contributed by atoms with van der Waals surface area (Å²) in [6.45, 7) is 1.86. The average molecular weight is 386 g/mol. The smallest absolute Gasteiger partial charge is 0.243 e. The Morgan fingerprint density at radius 1 is 0.852 bits per heavy atom. The molecule has 3 rings (SSSR count). The minimum atomic E-state index is -3.42. The van der Waals surface area contributed by atoms with Crippen molar-refractivity contribution >= 4 is 10.0 Å². The molecule has 1 heterocycles. The van der Waals surface area contributed by atoms with Crippen LogP contribution in [0.2, 0.25) is 0 Å². The Kier molecular flexibility index (Phi) is 6.32. The number of nitrogens with zero attached hydrogens (tertiary/aromatic N) is 2. The van der Waals surface area contributed by atoms with Crippen LogP contribution in [0.3, 0.4) is 0 Å². The number of nitriles is 1. The summed E-state index contributed by atoms with van der Waals surface area (Å²) in [5, 5.41) is 8.76. The number of hydrogen-bond donors (Lipinski definition) is 0. The van der Waals surface area contributed by atoms with E-state index in [1.165, 1.54) is 0 Å². The predicted octanol–water partition coefficient (Wildman–Crippen LogP) is 3.19. The molecule has 0 radical (unpaired) electrons. The highest BCUT2D eigenvalue weighted by molar-refractivity contribution is 7.89. The molecule has 0 atom stereocenters. The average Bonchev–Trinajstić information content (AvgIpc) is 2.72. The third-order valence-electron chi connectivity index (χ3n) is 4.38. The van der Waals surface area contributed by atoms with Crippen molar-refractivity contribution in [3.05, 3.63) is 54.1 Å². The van der Waals surface area contributed by atoms with Gasteiger partial charge in [-0.05, 0) is 61.4 Å². The van der Waals surface area contributed by atoms with Crippen molar-refractivity contribution < 1.29 is 17.9 Å². The maximum atomic E-state index is 12.6. The molecule has 2 aromatic carbocycles. The highest BCUT2D eigenvalue weighted by Gasteiger charge is 2.25. The minimum Gasteiger partial charge on any atom is -0.490 e. The van der Waals surface area contributed by atoms with E-state index in [0.717, 1.165) is 19.3 Å². The van der Waals surface area contributed by atoms with E-state index < -0.39 is 10.0 Å². The molecule has 1 fully saturated rings. The maximum Gasteiger partial charge on any atom is 0.243 e. The van der Waals surface area contributed by atoms with Gasteiger partial charge in [-0.15, -0.1) is 0 Å². The Labute approximate surface area is 160 Å². The molecule has 1 aliphatic heterocycles. The van der Waals surface area contributed by atoms with Crippen molar-refractivity contribution in [2.24, 2.45) is 0 Å². The monoisotopic (exact) mass is 386 g/mol. The normalized spacial score (nSPS) is 15.1. The van der Waals surface area contributed by atoms with Crippen LogP contribution < -0.4 is 9.47 Å². The van der Waals surface area contributed by atoms with Crippen molar-refractivity contribution in [2.75, 3.05) is 26.3 Å². The first-order valence-electron chi connectivity index (χ1n) is 8.95. The van der Waals surface area contributed by atoms with E-state index >= 15 is 0 Å². The van der Waals surface area contributed by atoms with Crippen molar-refractivity contribution in [1.82, 2.24) is 4.31 Å². The fourth-order valence-corrected chi connectivity index (χ4v) is 4.42. The second-order valence-corrected chi connectivity index (χ2v) is 8.21. The second-order valence-electron chi connectivity index (χ2n) is 6.27. The number of piperidine rings is 1. The molecule has 27 heavy (non-hydrogen) atoms. The first-order chi connectivity index (χ1) is 13.1. The number of sulfonamides is 1. The largest absolute Gasteiger partial charge is 0.490 e. The van der Waals surface area contributed by atoms with E-state index in [0.29, 0.717) is 48.3 Å². The molecule has 7 heteroatoms. The lowest BCUT2D eigenvalue weighted by atomic mass is 10.2. The summed E-state index contributed by atoms with van der Waals surface area (Å²) < 4.78 is 37.9. The van der Waals surface area contributed by atoms with Crippen molar-refractivity contribution in [1.29, 1.82) is 5.26 Å². The molecule has 0 N–H and O–H groups in total. The molecular formula is C20H22N2O4S. The summed E-state index contributed by atoms with van der Waals surface area (Å²) in [6, 6.07) is 15.4. The highest BCUT2D eigenvalue weighted by atomic mass is 32.2. The summed E-state index contributed by atoms with van der Waals surface area (Å²) in [5.74, 6) is 1.26. The van der Waals surface area contributed by atoms with Gasteiger partial charge in [-0.3, -0.25) is 0 Å². The third kappa shape index (κ3) is 5.00. The number of benzene rings is 2. The summed E-state index contributed by atoms with van der Waals surface area (Å²) >= 11 is 0. The Bertz CT molecular complexity index is 881. The Hall–Kier alpha value is -2.56. The molecule has 2 aromatic rings. The van der Waals surface area contributed by atoms with E-state index in [1.807, 2.05) is 0 Å². The molecule has 0 spiro atoms. The van der Waals surface area contributed by atoms with Gasteiger partial charge in [-0.2, -0.15) is 9.57 Å².